The fourth-order valence-corrected chi connectivity index (χ4v) is 3.10. The smallest absolute Gasteiger partial charge is 0.119 e. The van der Waals surface area contributed by atoms with Gasteiger partial charge in [0.05, 0.1) is 7.11 Å². The number of ether oxygens (including phenoxy) is 1. The third kappa shape index (κ3) is 2.41. The monoisotopic (exact) mass is 268 g/mol. The van der Waals surface area contributed by atoms with Crippen molar-refractivity contribution in [3.8, 4) is 5.75 Å². The van der Waals surface area contributed by atoms with Crippen LogP contribution >= 0.6 is 0 Å². The molecule has 1 aliphatic carbocycles. The van der Waals surface area contributed by atoms with Crippen LogP contribution in [-0.2, 0) is 18.4 Å². The summed E-state index contributed by atoms with van der Waals surface area (Å²) in [5.74, 6) is 0.876. The molecule has 0 saturated heterocycles. The average Bonchev–Trinajstić information content (AvgIpc) is 2.48. The maximum absolute atomic E-state index is 6.73. The van der Waals surface area contributed by atoms with Gasteiger partial charge in [-0.1, -0.05) is 12.1 Å². The molecule has 1 atom stereocenters. The third-order valence-corrected chi connectivity index (χ3v) is 4.15. The first-order valence-electron chi connectivity index (χ1n) is 7.07. The van der Waals surface area contributed by atoms with Crippen molar-refractivity contribution in [2.75, 3.05) is 7.11 Å². The number of aryl methyl sites for hydroxylation is 1. The normalized spacial score (nSPS) is 21.3. The van der Waals surface area contributed by atoms with Crippen molar-refractivity contribution in [1.82, 2.24) is 4.98 Å². The van der Waals surface area contributed by atoms with Gasteiger partial charge in [-0.05, 0) is 54.7 Å². The highest BCUT2D eigenvalue weighted by Gasteiger charge is 2.33. The maximum Gasteiger partial charge on any atom is 0.119 e. The van der Waals surface area contributed by atoms with E-state index in [2.05, 4.69) is 17.1 Å². The van der Waals surface area contributed by atoms with Gasteiger partial charge in [0.15, 0.2) is 0 Å². The molecule has 0 bridgehead atoms. The van der Waals surface area contributed by atoms with Crippen molar-refractivity contribution in [3.05, 3.63) is 59.4 Å². The van der Waals surface area contributed by atoms with Gasteiger partial charge < -0.3 is 10.5 Å². The molecule has 0 amide bonds. The van der Waals surface area contributed by atoms with Crippen molar-refractivity contribution < 1.29 is 4.74 Å². The zero-order valence-corrected chi connectivity index (χ0v) is 11.8. The fraction of sp³-hybridized carbons (Fsp3) is 0.353. The number of nitrogens with two attached hydrogens (primary N) is 1. The van der Waals surface area contributed by atoms with Crippen LogP contribution in [0.4, 0.5) is 0 Å². The number of rotatable bonds is 3. The van der Waals surface area contributed by atoms with Crippen LogP contribution in [0.15, 0.2) is 42.6 Å². The summed E-state index contributed by atoms with van der Waals surface area (Å²) in [5.41, 5.74) is 10.0. The van der Waals surface area contributed by atoms with Crippen molar-refractivity contribution in [2.45, 2.75) is 31.2 Å². The molecule has 2 aromatic rings. The maximum atomic E-state index is 6.73. The van der Waals surface area contributed by atoms with E-state index < -0.39 is 0 Å². The fourth-order valence-electron chi connectivity index (χ4n) is 3.10. The van der Waals surface area contributed by atoms with Gasteiger partial charge in [0.1, 0.15) is 5.75 Å². The summed E-state index contributed by atoms with van der Waals surface area (Å²) in [6.07, 6.45) is 5.81. The second-order valence-electron chi connectivity index (χ2n) is 5.53. The third-order valence-electron chi connectivity index (χ3n) is 4.15. The summed E-state index contributed by atoms with van der Waals surface area (Å²) in [5, 5.41) is 0. The molecule has 0 aliphatic heterocycles. The van der Waals surface area contributed by atoms with Crippen LogP contribution in [0.2, 0.25) is 0 Å². The van der Waals surface area contributed by atoms with Crippen LogP contribution in [0.25, 0.3) is 0 Å². The summed E-state index contributed by atoms with van der Waals surface area (Å²) in [6, 6.07) is 12.3. The number of aromatic nitrogens is 1. The van der Waals surface area contributed by atoms with Gasteiger partial charge in [-0.2, -0.15) is 0 Å². The Bertz CT molecular complexity index is 597. The number of hydrogen-bond donors (Lipinski definition) is 1. The predicted molar refractivity (Wildman–Crippen MR) is 79.7 cm³/mol. The first-order valence-corrected chi connectivity index (χ1v) is 7.07. The lowest BCUT2D eigenvalue weighted by atomic mass is 9.74. The van der Waals surface area contributed by atoms with Gasteiger partial charge >= 0.3 is 0 Å². The van der Waals surface area contributed by atoms with E-state index in [1.54, 1.807) is 7.11 Å². The number of fused-ring (bicyclic) bond motifs is 1. The molecular formula is C17H20N2O. The first kappa shape index (κ1) is 13.1. The van der Waals surface area contributed by atoms with Gasteiger partial charge in [-0.3, -0.25) is 4.98 Å². The minimum atomic E-state index is -0.337. The Morgan fingerprint density at radius 3 is 2.95 bits per heavy atom. The van der Waals surface area contributed by atoms with Crippen LogP contribution in [0, 0.1) is 0 Å². The summed E-state index contributed by atoms with van der Waals surface area (Å²) in [4.78, 5) is 4.42. The van der Waals surface area contributed by atoms with Gasteiger partial charge in [-0.15, -0.1) is 0 Å². The van der Waals surface area contributed by atoms with Crippen LogP contribution in [-0.4, -0.2) is 12.1 Å². The number of nitrogens with zero attached hydrogens (tertiary/aromatic N) is 1. The SMILES string of the molecule is COc1ccc2c(c1)C(N)(Cc1ccccn1)CCC2. The summed E-state index contributed by atoms with van der Waals surface area (Å²) < 4.78 is 5.35. The topological polar surface area (TPSA) is 48.1 Å². The molecule has 1 aromatic carbocycles. The second kappa shape index (κ2) is 5.25. The lowest BCUT2D eigenvalue weighted by Crippen LogP contribution is -2.42. The van der Waals surface area contributed by atoms with E-state index in [0.717, 1.165) is 37.1 Å². The van der Waals surface area contributed by atoms with E-state index >= 15 is 0 Å². The lowest BCUT2D eigenvalue weighted by Gasteiger charge is -2.36. The summed E-state index contributed by atoms with van der Waals surface area (Å²) in [6.45, 7) is 0. The molecule has 2 N–H and O–H groups in total. The number of methoxy groups -OCH3 is 1. The Morgan fingerprint density at radius 2 is 2.20 bits per heavy atom. The van der Waals surface area contributed by atoms with Gasteiger partial charge in [0.2, 0.25) is 0 Å². The molecule has 3 rings (SSSR count). The zero-order valence-electron chi connectivity index (χ0n) is 11.8. The molecule has 3 heteroatoms. The summed E-state index contributed by atoms with van der Waals surface area (Å²) in [7, 11) is 1.70. The van der Waals surface area contributed by atoms with Crippen molar-refractivity contribution >= 4 is 0 Å². The molecule has 0 saturated carbocycles. The Kier molecular flexibility index (Phi) is 3.45. The Balaban J connectivity index is 1.99. The molecule has 104 valence electrons. The molecule has 0 radical (unpaired) electrons. The highest BCUT2D eigenvalue weighted by molar-refractivity contribution is 5.42. The van der Waals surface area contributed by atoms with Gasteiger partial charge in [-0.25, -0.2) is 0 Å². The van der Waals surface area contributed by atoms with Crippen molar-refractivity contribution in [3.63, 3.8) is 0 Å². The molecule has 3 nitrogen and oxygen atoms in total. The second-order valence-corrected chi connectivity index (χ2v) is 5.53. The minimum Gasteiger partial charge on any atom is -0.497 e. The molecule has 0 fully saturated rings. The Morgan fingerprint density at radius 1 is 1.30 bits per heavy atom. The molecule has 1 aromatic heterocycles. The molecule has 20 heavy (non-hydrogen) atoms. The summed E-state index contributed by atoms with van der Waals surface area (Å²) >= 11 is 0. The Hall–Kier alpha value is -1.87. The molecule has 0 spiro atoms. The quantitative estimate of drug-likeness (QED) is 0.931. The highest BCUT2D eigenvalue weighted by atomic mass is 16.5. The van der Waals surface area contributed by atoms with Crippen molar-refractivity contribution in [1.29, 1.82) is 0 Å². The number of benzene rings is 1. The first-order chi connectivity index (χ1) is 9.71. The molecule has 1 aliphatic rings. The van der Waals surface area contributed by atoms with E-state index in [4.69, 9.17) is 10.5 Å². The zero-order chi connectivity index (χ0) is 14.0. The minimum absolute atomic E-state index is 0.337. The number of hydrogen-bond acceptors (Lipinski definition) is 3. The van der Waals surface area contributed by atoms with E-state index in [1.807, 2.05) is 30.5 Å². The van der Waals surface area contributed by atoms with E-state index in [-0.39, 0.29) is 5.54 Å². The van der Waals surface area contributed by atoms with E-state index in [0.29, 0.717) is 0 Å². The largest absolute Gasteiger partial charge is 0.497 e. The highest BCUT2D eigenvalue weighted by Crippen LogP contribution is 2.37. The van der Waals surface area contributed by atoms with Crippen LogP contribution in [0.1, 0.15) is 29.7 Å². The number of pyridine rings is 1. The van der Waals surface area contributed by atoms with E-state index in [1.165, 1.54) is 11.1 Å². The van der Waals surface area contributed by atoms with E-state index in [9.17, 15) is 0 Å². The standard InChI is InChI=1S/C17H20N2O/c1-20-15-8-7-13-5-4-9-17(18,16(13)11-15)12-14-6-2-3-10-19-14/h2-3,6-8,10-11H,4-5,9,12,18H2,1H3. The van der Waals surface area contributed by atoms with Crippen LogP contribution in [0.3, 0.4) is 0 Å². The van der Waals surface area contributed by atoms with Crippen LogP contribution < -0.4 is 10.5 Å². The lowest BCUT2D eigenvalue weighted by molar-refractivity contribution is 0.360. The molecule has 1 heterocycles. The van der Waals surface area contributed by atoms with Gasteiger partial charge in [0, 0.05) is 23.9 Å². The van der Waals surface area contributed by atoms with Gasteiger partial charge in [0.25, 0.3) is 0 Å². The Labute approximate surface area is 119 Å². The molecule has 1 unspecified atom stereocenters. The van der Waals surface area contributed by atoms with Crippen molar-refractivity contribution in [2.24, 2.45) is 5.73 Å². The average molecular weight is 268 g/mol. The molecular weight excluding hydrogens is 248 g/mol. The predicted octanol–water partition coefficient (Wildman–Crippen LogP) is 2.82. The van der Waals surface area contributed by atoms with Crippen LogP contribution in [0.5, 0.6) is 5.75 Å².